The lowest BCUT2D eigenvalue weighted by molar-refractivity contribution is 0.601. The zero-order valence-electron chi connectivity index (χ0n) is 12.0. The van der Waals surface area contributed by atoms with Crippen LogP contribution in [0.25, 0.3) is 0 Å². The van der Waals surface area contributed by atoms with Crippen molar-refractivity contribution in [2.24, 2.45) is 0 Å². The first-order chi connectivity index (χ1) is 9.67. The third kappa shape index (κ3) is 2.85. The summed E-state index contributed by atoms with van der Waals surface area (Å²) in [6, 6.07) is 9.76. The van der Waals surface area contributed by atoms with Gasteiger partial charge in [-0.3, -0.25) is 0 Å². The molecule has 1 N–H and O–H groups in total. The van der Waals surface area contributed by atoms with E-state index in [1.807, 2.05) is 11.3 Å². The van der Waals surface area contributed by atoms with Gasteiger partial charge in [0.15, 0.2) is 0 Å². The average molecular weight is 350 g/mol. The maximum absolute atomic E-state index is 3.63. The van der Waals surface area contributed by atoms with Gasteiger partial charge >= 0.3 is 0 Å². The molecule has 1 nitrogen and oxygen atoms in total. The van der Waals surface area contributed by atoms with Crippen LogP contribution in [0.4, 0.5) is 0 Å². The van der Waals surface area contributed by atoms with Crippen LogP contribution in [0.15, 0.2) is 28.1 Å². The van der Waals surface area contributed by atoms with Gasteiger partial charge in [0.1, 0.15) is 0 Å². The average Bonchev–Trinajstić information content (AvgIpc) is 3.03. The van der Waals surface area contributed by atoms with Gasteiger partial charge in [-0.05, 0) is 83.9 Å². The number of benzene rings is 1. The molecule has 20 heavy (non-hydrogen) atoms. The number of thiophene rings is 1. The predicted molar refractivity (Wildman–Crippen MR) is 90.7 cm³/mol. The fourth-order valence-electron chi connectivity index (χ4n) is 2.99. The molecule has 1 aliphatic carbocycles. The third-order valence-electron chi connectivity index (χ3n) is 4.17. The van der Waals surface area contributed by atoms with Gasteiger partial charge in [-0.25, -0.2) is 0 Å². The molecule has 1 unspecified atom stereocenters. The molecule has 3 rings (SSSR count). The third-order valence-corrected chi connectivity index (χ3v) is 6.42. The highest BCUT2D eigenvalue weighted by Crippen LogP contribution is 2.33. The molecule has 106 valence electrons. The Labute approximate surface area is 133 Å². The largest absolute Gasteiger partial charge is 0.312 e. The van der Waals surface area contributed by atoms with Gasteiger partial charge in [-0.15, -0.1) is 11.3 Å². The first kappa shape index (κ1) is 14.3. The van der Waals surface area contributed by atoms with E-state index in [4.69, 9.17) is 0 Å². The maximum Gasteiger partial charge on any atom is 0.0731 e. The van der Waals surface area contributed by atoms with Crippen LogP contribution in [0.2, 0.25) is 0 Å². The summed E-state index contributed by atoms with van der Waals surface area (Å²) in [4.78, 5) is 1.41. The summed E-state index contributed by atoms with van der Waals surface area (Å²) in [5.74, 6) is 0. The number of rotatable bonds is 4. The van der Waals surface area contributed by atoms with E-state index in [9.17, 15) is 0 Å². The van der Waals surface area contributed by atoms with E-state index in [0.29, 0.717) is 6.04 Å². The molecule has 0 radical (unpaired) electrons. The van der Waals surface area contributed by atoms with Crippen LogP contribution >= 0.6 is 27.3 Å². The molecular weight excluding hydrogens is 330 g/mol. The van der Waals surface area contributed by atoms with Crippen molar-refractivity contribution in [1.29, 1.82) is 0 Å². The molecule has 3 heteroatoms. The molecule has 2 aromatic rings. The van der Waals surface area contributed by atoms with E-state index in [0.717, 1.165) is 6.42 Å². The minimum atomic E-state index is 0.407. The van der Waals surface area contributed by atoms with Crippen LogP contribution in [0.5, 0.6) is 0 Å². The summed E-state index contributed by atoms with van der Waals surface area (Å²) >= 11 is 5.48. The minimum absolute atomic E-state index is 0.407. The summed E-state index contributed by atoms with van der Waals surface area (Å²) in [5, 5.41) is 3.46. The number of nitrogens with one attached hydrogen (secondary N) is 1. The molecular formula is C17H20BrNS. The molecule has 0 amide bonds. The Hall–Kier alpha value is -0.640. The van der Waals surface area contributed by atoms with Crippen molar-refractivity contribution in [3.63, 3.8) is 0 Å². The molecule has 0 bridgehead atoms. The number of likely N-dealkylation sites (N-methyl/N-ethyl adjacent to an activating group) is 1. The Morgan fingerprint density at radius 1 is 1.25 bits per heavy atom. The maximum atomic E-state index is 3.63. The number of aryl methyl sites for hydroxylation is 3. The van der Waals surface area contributed by atoms with Crippen molar-refractivity contribution < 1.29 is 0 Å². The van der Waals surface area contributed by atoms with E-state index >= 15 is 0 Å². The molecule has 0 saturated heterocycles. The molecule has 1 aromatic heterocycles. The van der Waals surface area contributed by atoms with Crippen LogP contribution < -0.4 is 5.32 Å². The Morgan fingerprint density at radius 3 is 2.75 bits per heavy atom. The van der Waals surface area contributed by atoms with Crippen molar-refractivity contribution in [2.45, 2.75) is 38.6 Å². The summed E-state index contributed by atoms with van der Waals surface area (Å²) < 4.78 is 1.25. The van der Waals surface area contributed by atoms with E-state index in [-0.39, 0.29) is 0 Å². The topological polar surface area (TPSA) is 12.0 Å². The quantitative estimate of drug-likeness (QED) is 0.834. The lowest BCUT2D eigenvalue weighted by Crippen LogP contribution is -2.17. The Balaban J connectivity index is 1.81. The smallest absolute Gasteiger partial charge is 0.0731 e. The zero-order chi connectivity index (χ0) is 14.1. The molecule has 1 atom stereocenters. The first-order valence-electron chi connectivity index (χ1n) is 7.21. The summed E-state index contributed by atoms with van der Waals surface area (Å²) in [5.41, 5.74) is 5.91. The van der Waals surface area contributed by atoms with Crippen molar-refractivity contribution >= 4 is 27.3 Å². The van der Waals surface area contributed by atoms with Gasteiger partial charge in [-0.1, -0.05) is 18.2 Å². The Kier molecular flexibility index (Phi) is 4.29. The van der Waals surface area contributed by atoms with Gasteiger partial charge in [0.2, 0.25) is 0 Å². The van der Waals surface area contributed by atoms with E-state index in [1.165, 1.54) is 39.1 Å². The van der Waals surface area contributed by atoms with Gasteiger partial charge < -0.3 is 5.32 Å². The van der Waals surface area contributed by atoms with Crippen LogP contribution in [-0.2, 0) is 19.3 Å². The number of hydrogen-bond donors (Lipinski definition) is 1. The van der Waals surface area contributed by atoms with Gasteiger partial charge in [0.25, 0.3) is 0 Å². The van der Waals surface area contributed by atoms with Gasteiger partial charge in [0, 0.05) is 10.9 Å². The van der Waals surface area contributed by atoms with E-state index in [2.05, 4.69) is 59.5 Å². The summed E-state index contributed by atoms with van der Waals surface area (Å²) in [6.45, 7) is 2.16. The minimum Gasteiger partial charge on any atom is -0.312 e. The fourth-order valence-corrected chi connectivity index (χ4v) is 4.67. The SMILES string of the molecule is CNC(Cc1ccc2c(c1)CCC2)c1cc(C)c(Br)s1. The lowest BCUT2D eigenvalue weighted by atomic mass is 10.00. The normalized spacial score (nSPS) is 15.3. The molecule has 0 aliphatic heterocycles. The Bertz CT molecular complexity index is 598. The number of halogens is 1. The highest BCUT2D eigenvalue weighted by Gasteiger charge is 2.16. The highest BCUT2D eigenvalue weighted by atomic mass is 79.9. The predicted octanol–water partition coefficient (Wildman–Crippen LogP) is 4.81. The van der Waals surface area contributed by atoms with Crippen molar-refractivity contribution in [3.05, 3.63) is 55.2 Å². The molecule has 1 aliphatic rings. The summed E-state index contributed by atoms with van der Waals surface area (Å²) in [7, 11) is 2.06. The monoisotopic (exact) mass is 349 g/mol. The molecule has 0 saturated carbocycles. The molecule has 1 aromatic carbocycles. The second kappa shape index (κ2) is 6.00. The Morgan fingerprint density at radius 2 is 2.05 bits per heavy atom. The van der Waals surface area contributed by atoms with E-state index in [1.54, 1.807) is 11.1 Å². The highest BCUT2D eigenvalue weighted by molar-refractivity contribution is 9.11. The van der Waals surface area contributed by atoms with Crippen molar-refractivity contribution in [1.82, 2.24) is 5.32 Å². The molecule has 1 heterocycles. The van der Waals surface area contributed by atoms with Crippen LogP contribution in [0, 0.1) is 6.92 Å². The molecule has 0 fully saturated rings. The van der Waals surface area contributed by atoms with E-state index < -0.39 is 0 Å². The van der Waals surface area contributed by atoms with Crippen LogP contribution in [0.3, 0.4) is 0 Å². The zero-order valence-corrected chi connectivity index (χ0v) is 14.4. The lowest BCUT2D eigenvalue weighted by Gasteiger charge is -2.15. The van der Waals surface area contributed by atoms with Crippen LogP contribution in [-0.4, -0.2) is 7.05 Å². The van der Waals surface area contributed by atoms with Crippen molar-refractivity contribution in [2.75, 3.05) is 7.05 Å². The van der Waals surface area contributed by atoms with Crippen LogP contribution in [0.1, 0.15) is 39.6 Å². The molecule has 0 spiro atoms. The summed E-state index contributed by atoms with van der Waals surface area (Å²) in [6.07, 6.45) is 4.92. The first-order valence-corrected chi connectivity index (χ1v) is 8.82. The van der Waals surface area contributed by atoms with Crippen molar-refractivity contribution in [3.8, 4) is 0 Å². The van der Waals surface area contributed by atoms with Gasteiger partial charge in [0.05, 0.1) is 3.79 Å². The second-order valence-corrected chi connectivity index (χ2v) is 8.01. The number of hydrogen-bond acceptors (Lipinski definition) is 2. The second-order valence-electron chi connectivity index (χ2n) is 5.61. The number of fused-ring (bicyclic) bond motifs is 1. The standard InChI is InChI=1S/C17H20BrNS/c1-11-8-16(20-17(11)18)15(19-2)10-12-6-7-13-4-3-5-14(13)9-12/h6-9,15,19H,3-5,10H2,1-2H3. The van der Waals surface area contributed by atoms with Gasteiger partial charge in [-0.2, -0.15) is 0 Å². The fraction of sp³-hybridized carbons (Fsp3) is 0.412.